The SMILES string of the molecule is CC(C)NC(=O)NC(=O)[C@H](C)OC(=O)Cc1csc(-c2cccs2)n1. The largest absolute Gasteiger partial charge is 0.452 e. The van der Waals surface area contributed by atoms with Gasteiger partial charge in [0.25, 0.3) is 5.91 Å². The molecule has 0 spiro atoms. The topological polar surface area (TPSA) is 97.4 Å². The van der Waals surface area contributed by atoms with Crippen molar-refractivity contribution >= 4 is 40.6 Å². The monoisotopic (exact) mass is 381 g/mol. The fourth-order valence-electron chi connectivity index (χ4n) is 1.85. The minimum absolute atomic E-state index is 0.0301. The summed E-state index contributed by atoms with van der Waals surface area (Å²) < 4.78 is 5.06. The van der Waals surface area contributed by atoms with Gasteiger partial charge in [-0.2, -0.15) is 0 Å². The van der Waals surface area contributed by atoms with Crippen molar-refractivity contribution in [2.45, 2.75) is 39.3 Å². The molecule has 3 amide bonds. The lowest BCUT2D eigenvalue weighted by Gasteiger charge is -2.14. The third-order valence-electron chi connectivity index (χ3n) is 2.94. The Bertz CT molecular complexity index is 740. The number of hydrogen-bond acceptors (Lipinski definition) is 7. The second-order valence-electron chi connectivity index (χ2n) is 5.55. The summed E-state index contributed by atoms with van der Waals surface area (Å²) in [5.41, 5.74) is 0.587. The van der Waals surface area contributed by atoms with Crippen LogP contribution in [0.2, 0.25) is 0 Å². The molecule has 0 unspecified atom stereocenters. The molecule has 1 atom stereocenters. The highest BCUT2D eigenvalue weighted by Gasteiger charge is 2.21. The molecule has 2 heterocycles. The van der Waals surface area contributed by atoms with E-state index in [1.54, 1.807) is 30.6 Å². The number of carbonyl (C=O) groups excluding carboxylic acids is 3. The van der Waals surface area contributed by atoms with Gasteiger partial charge in [0, 0.05) is 11.4 Å². The van der Waals surface area contributed by atoms with E-state index < -0.39 is 24.0 Å². The van der Waals surface area contributed by atoms with Crippen LogP contribution in [0.3, 0.4) is 0 Å². The van der Waals surface area contributed by atoms with Crippen LogP contribution in [-0.2, 0) is 20.7 Å². The molecule has 0 aromatic carbocycles. The number of thiazole rings is 1. The Morgan fingerprint density at radius 2 is 2.00 bits per heavy atom. The molecule has 2 aromatic rings. The van der Waals surface area contributed by atoms with Gasteiger partial charge in [-0.1, -0.05) is 6.07 Å². The molecule has 2 aromatic heterocycles. The van der Waals surface area contributed by atoms with Crippen molar-refractivity contribution in [2.24, 2.45) is 0 Å². The number of nitrogens with zero attached hydrogens (tertiary/aromatic N) is 1. The lowest BCUT2D eigenvalue weighted by atomic mass is 10.3. The Morgan fingerprint density at radius 3 is 2.64 bits per heavy atom. The summed E-state index contributed by atoms with van der Waals surface area (Å²) in [7, 11) is 0. The van der Waals surface area contributed by atoms with E-state index in [0.717, 1.165) is 9.88 Å². The normalized spacial score (nSPS) is 11.8. The number of urea groups is 1. The molecule has 0 saturated heterocycles. The first kappa shape index (κ1) is 19.1. The van der Waals surface area contributed by atoms with Crippen molar-refractivity contribution in [1.29, 1.82) is 0 Å². The van der Waals surface area contributed by atoms with Crippen LogP contribution in [0.15, 0.2) is 22.9 Å². The number of thiophene rings is 1. The predicted octanol–water partition coefficient (Wildman–Crippen LogP) is 2.58. The third kappa shape index (κ3) is 5.95. The van der Waals surface area contributed by atoms with Gasteiger partial charge in [-0.3, -0.25) is 14.9 Å². The van der Waals surface area contributed by atoms with E-state index in [9.17, 15) is 14.4 Å². The van der Waals surface area contributed by atoms with Crippen LogP contribution < -0.4 is 10.6 Å². The van der Waals surface area contributed by atoms with Crippen molar-refractivity contribution in [3.63, 3.8) is 0 Å². The highest BCUT2D eigenvalue weighted by Crippen LogP contribution is 2.27. The van der Waals surface area contributed by atoms with Crippen LogP contribution in [0.5, 0.6) is 0 Å². The zero-order valence-electron chi connectivity index (χ0n) is 14.1. The van der Waals surface area contributed by atoms with Crippen LogP contribution in [0, 0.1) is 0 Å². The molecule has 0 aliphatic heterocycles. The molecule has 0 aliphatic carbocycles. The van der Waals surface area contributed by atoms with Crippen LogP contribution in [0.25, 0.3) is 9.88 Å². The van der Waals surface area contributed by atoms with Crippen LogP contribution in [0.1, 0.15) is 26.5 Å². The molecule has 0 fully saturated rings. The first-order valence-electron chi connectivity index (χ1n) is 7.64. The summed E-state index contributed by atoms with van der Waals surface area (Å²) >= 11 is 3.02. The highest BCUT2D eigenvalue weighted by atomic mass is 32.1. The minimum atomic E-state index is -1.07. The quantitative estimate of drug-likeness (QED) is 0.750. The average Bonchev–Trinajstić information content (AvgIpc) is 3.16. The van der Waals surface area contributed by atoms with Crippen molar-refractivity contribution in [1.82, 2.24) is 15.6 Å². The van der Waals surface area contributed by atoms with Crippen molar-refractivity contribution in [3.8, 4) is 9.88 Å². The number of amides is 3. The van der Waals surface area contributed by atoms with Crippen molar-refractivity contribution in [2.75, 3.05) is 0 Å². The van der Waals surface area contributed by atoms with Gasteiger partial charge in [0.15, 0.2) is 6.10 Å². The second-order valence-corrected chi connectivity index (χ2v) is 7.35. The minimum Gasteiger partial charge on any atom is -0.452 e. The zero-order chi connectivity index (χ0) is 18.4. The maximum Gasteiger partial charge on any atom is 0.321 e. The second kappa shape index (κ2) is 8.72. The number of esters is 1. The maximum atomic E-state index is 12.0. The van der Waals surface area contributed by atoms with Gasteiger partial charge in [-0.15, -0.1) is 22.7 Å². The Hall–Kier alpha value is -2.26. The number of rotatable bonds is 6. The zero-order valence-corrected chi connectivity index (χ0v) is 15.7. The average molecular weight is 381 g/mol. The summed E-state index contributed by atoms with van der Waals surface area (Å²) in [5, 5.41) is 9.23. The first-order chi connectivity index (χ1) is 11.8. The molecular weight excluding hydrogens is 362 g/mol. The van der Waals surface area contributed by atoms with Gasteiger partial charge in [-0.05, 0) is 32.2 Å². The lowest BCUT2D eigenvalue weighted by Crippen LogP contribution is -2.46. The lowest BCUT2D eigenvalue weighted by molar-refractivity contribution is -0.153. The van der Waals surface area contributed by atoms with E-state index >= 15 is 0 Å². The van der Waals surface area contributed by atoms with Gasteiger partial charge < -0.3 is 10.1 Å². The summed E-state index contributed by atoms with van der Waals surface area (Å²) in [5.74, 6) is -1.25. The Morgan fingerprint density at radius 1 is 1.24 bits per heavy atom. The molecule has 7 nitrogen and oxygen atoms in total. The van der Waals surface area contributed by atoms with Crippen LogP contribution in [0.4, 0.5) is 4.79 Å². The number of ether oxygens (including phenoxy) is 1. The predicted molar refractivity (Wildman–Crippen MR) is 96.5 cm³/mol. The van der Waals surface area contributed by atoms with Gasteiger partial charge in [0.2, 0.25) is 0 Å². The summed E-state index contributed by atoms with van der Waals surface area (Å²) in [6.07, 6.45) is -1.10. The highest BCUT2D eigenvalue weighted by molar-refractivity contribution is 7.20. The Balaban J connectivity index is 1.83. The van der Waals surface area contributed by atoms with Crippen molar-refractivity contribution < 1.29 is 19.1 Å². The van der Waals surface area contributed by atoms with E-state index in [0.29, 0.717) is 5.69 Å². The van der Waals surface area contributed by atoms with Crippen LogP contribution >= 0.6 is 22.7 Å². The molecule has 0 radical (unpaired) electrons. The molecule has 0 bridgehead atoms. The van der Waals surface area contributed by atoms with E-state index in [2.05, 4.69) is 15.6 Å². The molecule has 2 rings (SSSR count). The van der Waals surface area contributed by atoms with E-state index in [-0.39, 0.29) is 12.5 Å². The number of carbonyl (C=O) groups is 3. The summed E-state index contributed by atoms with van der Waals surface area (Å²) in [4.78, 5) is 40.7. The molecule has 134 valence electrons. The van der Waals surface area contributed by atoms with E-state index in [4.69, 9.17) is 4.74 Å². The molecule has 9 heteroatoms. The molecule has 0 saturated carbocycles. The fraction of sp³-hybridized carbons (Fsp3) is 0.375. The fourth-order valence-corrected chi connectivity index (χ4v) is 3.49. The number of aromatic nitrogens is 1. The van der Waals surface area contributed by atoms with Crippen LogP contribution in [-0.4, -0.2) is 35.0 Å². The number of hydrogen-bond donors (Lipinski definition) is 2. The summed E-state index contributed by atoms with van der Waals surface area (Å²) in [6, 6.07) is 3.17. The standard InChI is InChI=1S/C16H19N3O4S2/c1-9(2)17-16(22)19-14(21)10(3)23-13(20)7-11-8-25-15(18-11)12-5-4-6-24-12/h4-6,8-10H,7H2,1-3H3,(H2,17,19,21,22)/t10-/m0/s1. The molecule has 2 N–H and O–H groups in total. The van der Waals surface area contributed by atoms with Gasteiger partial charge in [-0.25, -0.2) is 9.78 Å². The first-order valence-corrected chi connectivity index (χ1v) is 9.40. The third-order valence-corrected chi connectivity index (χ3v) is 4.87. The number of imide groups is 1. The van der Waals surface area contributed by atoms with Gasteiger partial charge >= 0.3 is 12.0 Å². The molecule has 25 heavy (non-hydrogen) atoms. The van der Waals surface area contributed by atoms with Gasteiger partial charge in [0.05, 0.1) is 17.0 Å². The van der Waals surface area contributed by atoms with E-state index in [1.807, 2.05) is 17.5 Å². The number of nitrogens with one attached hydrogen (secondary N) is 2. The maximum absolute atomic E-state index is 12.0. The Kier molecular flexibility index (Phi) is 6.65. The smallest absolute Gasteiger partial charge is 0.321 e. The van der Waals surface area contributed by atoms with E-state index in [1.165, 1.54) is 18.3 Å². The van der Waals surface area contributed by atoms with Gasteiger partial charge in [0.1, 0.15) is 5.01 Å². The molecule has 0 aliphatic rings. The van der Waals surface area contributed by atoms with Crippen molar-refractivity contribution in [3.05, 3.63) is 28.6 Å². The Labute approximate surface area is 153 Å². The summed E-state index contributed by atoms with van der Waals surface area (Å²) in [6.45, 7) is 4.95. The molecular formula is C16H19N3O4S2.